The molecule has 0 saturated carbocycles. The number of alkyl halides is 1. The molecule has 0 saturated heterocycles. The van der Waals surface area contributed by atoms with Gasteiger partial charge in [0.15, 0.2) is 0 Å². The Bertz CT molecular complexity index is 730. The molecule has 102 valence electrons. The van der Waals surface area contributed by atoms with Gasteiger partial charge in [-0.25, -0.2) is 4.98 Å². The van der Waals surface area contributed by atoms with Gasteiger partial charge in [-0.3, -0.25) is 0 Å². The van der Waals surface area contributed by atoms with E-state index < -0.39 is 0 Å². The Morgan fingerprint density at radius 1 is 1.10 bits per heavy atom. The first-order valence-electron chi connectivity index (χ1n) is 6.49. The normalized spacial score (nSPS) is 12.8. The monoisotopic (exact) mass is 304 g/mol. The third kappa shape index (κ3) is 2.54. The van der Waals surface area contributed by atoms with Crippen LogP contribution in [0.2, 0.25) is 5.02 Å². The summed E-state index contributed by atoms with van der Waals surface area (Å²) in [5.41, 5.74) is 3.25. The summed E-state index contributed by atoms with van der Waals surface area (Å²) < 4.78 is 2.16. The van der Waals surface area contributed by atoms with Crippen molar-refractivity contribution in [2.75, 3.05) is 0 Å². The van der Waals surface area contributed by atoms with Crippen LogP contribution in [-0.4, -0.2) is 9.55 Å². The Labute approximate surface area is 128 Å². The molecular formula is C16H14Cl2N2. The number of nitrogens with zero attached hydrogens (tertiary/aromatic N) is 2. The van der Waals surface area contributed by atoms with Crippen LogP contribution in [0.4, 0.5) is 0 Å². The summed E-state index contributed by atoms with van der Waals surface area (Å²) in [5, 5.41) is 0.616. The van der Waals surface area contributed by atoms with Crippen LogP contribution in [0.1, 0.15) is 23.7 Å². The summed E-state index contributed by atoms with van der Waals surface area (Å²) in [5.74, 6) is 0.891. The zero-order valence-corrected chi connectivity index (χ0v) is 12.6. The van der Waals surface area contributed by atoms with E-state index in [2.05, 4.69) is 15.6 Å². The van der Waals surface area contributed by atoms with Gasteiger partial charge in [0.2, 0.25) is 0 Å². The molecule has 0 radical (unpaired) electrons. The Morgan fingerprint density at radius 3 is 2.50 bits per heavy atom. The molecule has 1 unspecified atom stereocenters. The molecule has 4 heteroatoms. The summed E-state index contributed by atoms with van der Waals surface area (Å²) in [4.78, 5) is 4.63. The van der Waals surface area contributed by atoms with Gasteiger partial charge in [-0.15, -0.1) is 11.6 Å². The number of halogens is 2. The predicted molar refractivity (Wildman–Crippen MR) is 84.6 cm³/mol. The van der Waals surface area contributed by atoms with Gasteiger partial charge >= 0.3 is 0 Å². The third-order valence-corrected chi connectivity index (χ3v) is 3.74. The molecule has 1 atom stereocenters. The smallest absolute Gasteiger partial charge is 0.128 e. The highest BCUT2D eigenvalue weighted by Gasteiger charge is 2.14. The standard InChI is InChI=1S/C16H14Cl2N2/c1-11(17)16-19-14-4-2-3-5-15(14)20(16)10-12-6-8-13(18)9-7-12/h2-9,11H,10H2,1H3. The molecule has 3 aromatic rings. The molecule has 20 heavy (non-hydrogen) atoms. The minimum Gasteiger partial charge on any atom is -0.322 e. The molecule has 3 rings (SSSR count). The quantitative estimate of drug-likeness (QED) is 0.620. The zero-order chi connectivity index (χ0) is 14.1. The second-order valence-corrected chi connectivity index (χ2v) is 5.88. The van der Waals surface area contributed by atoms with E-state index in [4.69, 9.17) is 23.2 Å². The topological polar surface area (TPSA) is 17.8 Å². The predicted octanol–water partition coefficient (Wildman–Crippen LogP) is 5.04. The fourth-order valence-electron chi connectivity index (χ4n) is 2.34. The van der Waals surface area contributed by atoms with E-state index in [1.165, 1.54) is 5.56 Å². The van der Waals surface area contributed by atoms with Crippen LogP contribution in [0, 0.1) is 0 Å². The van der Waals surface area contributed by atoms with Gasteiger partial charge in [-0.2, -0.15) is 0 Å². The first-order valence-corrected chi connectivity index (χ1v) is 7.30. The first kappa shape index (κ1) is 13.5. The van der Waals surface area contributed by atoms with Crippen molar-refractivity contribution >= 4 is 34.2 Å². The number of aromatic nitrogens is 2. The number of fused-ring (bicyclic) bond motifs is 1. The number of hydrogen-bond acceptors (Lipinski definition) is 1. The molecule has 0 fully saturated rings. The van der Waals surface area contributed by atoms with Gasteiger partial charge in [0.1, 0.15) is 5.82 Å². The molecule has 1 heterocycles. The number of benzene rings is 2. The second-order valence-electron chi connectivity index (χ2n) is 4.79. The highest BCUT2D eigenvalue weighted by Crippen LogP contribution is 2.25. The molecule has 0 aliphatic heterocycles. The summed E-state index contributed by atoms with van der Waals surface area (Å²) in [6.45, 7) is 2.69. The lowest BCUT2D eigenvalue weighted by Gasteiger charge is -2.10. The lowest BCUT2D eigenvalue weighted by atomic mass is 10.2. The van der Waals surface area contributed by atoms with E-state index in [1.54, 1.807) is 0 Å². The van der Waals surface area contributed by atoms with Crippen molar-refractivity contribution in [2.24, 2.45) is 0 Å². The Kier molecular flexibility index (Phi) is 3.68. The van der Waals surface area contributed by atoms with Crippen molar-refractivity contribution in [3.8, 4) is 0 Å². The Balaban J connectivity index is 2.09. The SMILES string of the molecule is CC(Cl)c1nc2ccccc2n1Cc1ccc(Cl)cc1. The highest BCUT2D eigenvalue weighted by molar-refractivity contribution is 6.30. The number of para-hydroxylation sites is 2. The Morgan fingerprint density at radius 2 is 1.80 bits per heavy atom. The van der Waals surface area contributed by atoms with E-state index in [1.807, 2.05) is 49.4 Å². The van der Waals surface area contributed by atoms with Crippen LogP contribution in [0.5, 0.6) is 0 Å². The van der Waals surface area contributed by atoms with Crippen LogP contribution < -0.4 is 0 Å². The van der Waals surface area contributed by atoms with E-state index in [-0.39, 0.29) is 5.38 Å². The third-order valence-electron chi connectivity index (χ3n) is 3.29. The lowest BCUT2D eigenvalue weighted by Crippen LogP contribution is -2.05. The van der Waals surface area contributed by atoms with E-state index in [0.717, 1.165) is 28.4 Å². The second kappa shape index (κ2) is 5.47. The summed E-state index contributed by atoms with van der Waals surface area (Å²) in [7, 11) is 0. The molecule has 0 amide bonds. The molecule has 0 bridgehead atoms. The maximum Gasteiger partial charge on any atom is 0.128 e. The highest BCUT2D eigenvalue weighted by atomic mass is 35.5. The summed E-state index contributed by atoms with van der Waals surface area (Å²) in [6.07, 6.45) is 0. The summed E-state index contributed by atoms with van der Waals surface area (Å²) in [6, 6.07) is 16.0. The fourth-order valence-corrected chi connectivity index (χ4v) is 2.63. The minimum absolute atomic E-state index is 0.130. The molecular weight excluding hydrogens is 291 g/mol. The van der Waals surface area contributed by atoms with E-state index in [9.17, 15) is 0 Å². The minimum atomic E-state index is -0.130. The average Bonchev–Trinajstić information content (AvgIpc) is 2.81. The van der Waals surface area contributed by atoms with Gasteiger partial charge < -0.3 is 4.57 Å². The van der Waals surface area contributed by atoms with Crippen LogP contribution in [0.25, 0.3) is 11.0 Å². The van der Waals surface area contributed by atoms with Gasteiger partial charge in [-0.1, -0.05) is 35.9 Å². The maximum absolute atomic E-state index is 6.27. The van der Waals surface area contributed by atoms with Crippen LogP contribution in [0.15, 0.2) is 48.5 Å². The van der Waals surface area contributed by atoms with E-state index in [0.29, 0.717) is 0 Å². The molecule has 0 aliphatic rings. The van der Waals surface area contributed by atoms with Crippen molar-refractivity contribution in [1.82, 2.24) is 9.55 Å². The summed E-state index contributed by atoms with van der Waals surface area (Å²) >= 11 is 12.2. The molecule has 1 aromatic heterocycles. The molecule has 0 spiro atoms. The average molecular weight is 305 g/mol. The largest absolute Gasteiger partial charge is 0.322 e. The van der Waals surface area contributed by atoms with Crippen molar-refractivity contribution in [2.45, 2.75) is 18.8 Å². The van der Waals surface area contributed by atoms with Crippen molar-refractivity contribution in [1.29, 1.82) is 0 Å². The van der Waals surface area contributed by atoms with Crippen LogP contribution in [-0.2, 0) is 6.54 Å². The molecule has 0 N–H and O–H groups in total. The van der Waals surface area contributed by atoms with Crippen molar-refractivity contribution < 1.29 is 0 Å². The van der Waals surface area contributed by atoms with Gasteiger partial charge in [0.25, 0.3) is 0 Å². The molecule has 2 aromatic carbocycles. The molecule has 2 nitrogen and oxygen atoms in total. The van der Waals surface area contributed by atoms with Gasteiger partial charge in [-0.05, 0) is 36.8 Å². The van der Waals surface area contributed by atoms with Crippen molar-refractivity contribution in [3.05, 3.63) is 64.9 Å². The number of hydrogen-bond donors (Lipinski definition) is 0. The lowest BCUT2D eigenvalue weighted by molar-refractivity contribution is 0.742. The maximum atomic E-state index is 6.27. The van der Waals surface area contributed by atoms with Crippen LogP contribution in [0.3, 0.4) is 0 Å². The molecule has 0 aliphatic carbocycles. The number of rotatable bonds is 3. The fraction of sp³-hybridized carbons (Fsp3) is 0.188. The van der Waals surface area contributed by atoms with Crippen LogP contribution >= 0.6 is 23.2 Å². The van der Waals surface area contributed by atoms with Gasteiger partial charge in [0.05, 0.1) is 16.4 Å². The zero-order valence-electron chi connectivity index (χ0n) is 11.1. The Hall–Kier alpha value is -1.51. The van der Waals surface area contributed by atoms with E-state index >= 15 is 0 Å². The number of imidazole rings is 1. The van der Waals surface area contributed by atoms with Gasteiger partial charge in [0, 0.05) is 11.6 Å². The van der Waals surface area contributed by atoms with Crippen molar-refractivity contribution in [3.63, 3.8) is 0 Å². The first-order chi connectivity index (χ1) is 9.65.